The van der Waals surface area contributed by atoms with Crippen LogP contribution in [0.15, 0.2) is 73.4 Å². The zero-order chi connectivity index (χ0) is 18.8. The molecule has 2 heterocycles. The fourth-order valence-corrected chi connectivity index (χ4v) is 2.95. The number of nitrogens with one attached hydrogen (secondary N) is 1. The number of allylic oxidation sites excluding steroid dienone is 1. The molecule has 2 aromatic carbocycles. The topological polar surface area (TPSA) is 42.2 Å². The van der Waals surface area contributed by atoms with Crippen molar-refractivity contribution in [2.24, 2.45) is 0 Å². The summed E-state index contributed by atoms with van der Waals surface area (Å²) >= 11 is 0. The molecule has 0 amide bonds. The highest BCUT2D eigenvalue weighted by atomic mass is 19.1. The summed E-state index contributed by atoms with van der Waals surface area (Å²) in [6, 6.07) is 18.5. The van der Waals surface area contributed by atoms with Gasteiger partial charge in [0.2, 0.25) is 0 Å². The van der Waals surface area contributed by atoms with E-state index in [0.717, 1.165) is 22.5 Å². The molecule has 0 radical (unpaired) electrons. The average molecular weight is 358 g/mol. The number of benzene rings is 2. The molecule has 0 saturated carbocycles. The number of fused-ring (bicyclic) bond motifs is 1. The summed E-state index contributed by atoms with van der Waals surface area (Å²) in [4.78, 5) is 4.52. The molecule has 134 valence electrons. The fourth-order valence-electron chi connectivity index (χ4n) is 2.95. The Balaban J connectivity index is 1.66. The Hall–Kier alpha value is -3.47. The van der Waals surface area contributed by atoms with E-state index in [1.54, 1.807) is 35.0 Å². The molecular formula is C22H19FN4. The number of aromatic nitrogens is 3. The highest BCUT2D eigenvalue weighted by molar-refractivity contribution is 5.67. The minimum Gasteiger partial charge on any atom is -0.366 e. The van der Waals surface area contributed by atoms with Crippen molar-refractivity contribution in [3.8, 4) is 11.3 Å². The Morgan fingerprint density at radius 2 is 1.89 bits per heavy atom. The fraction of sp³-hybridized carbons (Fsp3) is 0.0909. The molecule has 4 nitrogen and oxygen atoms in total. The van der Waals surface area contributed by atoms with Gasteiger partial charge in [-0.1, -0.05) is 48.6 Å². The number of hydrogen-bond acceptors (Lipinski definition) is 3. The first-order valence-corrected chi connectivity index (χ1v) is 8.70. The average Bonchev–Trinajstić information content (AvgIpc) is 3.15. The molecule has 0 spiro atoms. The van der Waals surface area contributed by atoms with Crippen LogP contribution in [0.5, 0.6) is 0 Å². The minimum absolute atomic E-state index is 0.296. The van der Waals surface area contributed by atoms with Crippen LogP contribution in [-0.4, -0.2) is 14.6 Å². The molecule has 0 aliphatic rings. The minimum atomic E-state index is -0.296. The Kier molecular flexibility index (Phi) is 4.42. The number of hydrogen-bond donors (Lipinski definition) is 1. The normalized spacial score (nSPS) is 10.9. The van der Waals surface area contributed by atoms with Gasteiger partial charge in [0, 0.05) is 24.2 Å². The molecule has 1 N–H and O–H groups in total. The van der Waals surface area contributed by atoms with E-state index in [0.29, 0.717) is 23.4 Å². The van der Waals surface area contributed by atoms with Crippen LogP contribution >= 0.6 is 0 Å². The van der Waals surface area contributed by atoms with Gasteiger partial charge in [-0.15, -0.1) is 0 Å². The van der Waals surface area contributed by atoms with Crippen LogP contribution < -0.4 is 5.32 Å². The third kappa shape index (κ3) is 3.44. The van der Waals surface area contributed by atoms with Crippen molar-refractivity contribution in [2.75, 3.05) is 5.32 Å². The highest BCUT2D eigenvalue weighted by Crippen LogP contribution is 2.25. The van der Waals surface area contributed by atoms with Crippen LogP contribution in [0.1, 0.15) is 18.1 Å². The van der Waals surface area contributed by atoms with Crippen molar-refractivity contribution in [1.29, 1.82) is 0 Å². The summed E-state index contributed by atoms with van der Waals surface area (Å²) in [5, 5.41) is 7.70. The molecule has 27 heavy (non-hydrogen) atoms. The lowest BCUT2D eigenvalue weighted by molar-refractivity contribution is 0.630. The Bertz CT molecular complexity index is 1110. The Morgan fingerprint density at radius 1 is 1.11 bits per heavy atom. The summed E-state index contributed by atoms with van der Waals surface area (Å²) < 4.78 is 15.9. The van der Waals surface area contributed by atoms with Crippen molar-refractivity contribution in [3.63, 3.8) is 0 Å². The largest absolute Gasteiger partial charge is 0.366 e. The second-order valence-electron chi connectivity index (χ2n) is 6.44. The van der Waals surface area contributed by atoms with E-state index in [1.807, 2.05) is 13.0 Å². The molecule has 0 aliphatic carbocycles. The van der Waals surface area contributed by atoms with Gasteiger partial charge in [-0.2, -0.15) is 9.61 Å². The zero-order valence-electron chi connectivity index (χ0n) is 15.0. The predicted molar refractivity (Wildman–Crippen MR) is 107 cm³/mol. The van der Waals surface area contributed by atoms with Crippen LogP contribution in [0.25, 0.3) is 22.5 Å². The second-order valence-corrected chi connectivity index (χ2v) is 6.44. The number of anilines is 1. The Labute approximate surface area is 157 Å². The van der Waals surface area contributed by atoms with E-state index in [1.165, 1.54) is 6.07 Å². The van der Waals surface area contributed by atoms with Crippen molar-refractivity contribution < 1.29 is 4.39 Å². The van der Waals surface area contributed by atoms with Gasteiger partial charge in [0.1, 0.15) is 11.6 Å². The first-order chi connectivity index (χ1) is 13.1. The van der Waals surface area contributed by atoms with Crippen LogP contribution in [0, 0.1) is 5.82 Å². The molecule has 2 aromatic heterocycles. The molecule has 0 saturated heterocycles. The van der Waals surface area contributed by atoms with Gasteiger partial charge in [0.05, 0.1) is 11.9 Å². The van der Waals surface area contributed by atoms with Gasteiger partial charge in [-0.25, -0.2) is 9.37 Å². The monoisotopic (exact) mass is 358 g/mol. The number of rotatable bonds is 5. The SMILES string of the molecule is C=C(C)c1ccc(CNc2cc(-c3ccccc3F)nc3ccnn23)cc1. The number of nitrogens with zero attached hydrogens (tertiary/aromatic N) is 3. The molecule has 5 heteroatoms. The highest BCUT2D eigenvalue weighted by Gasteiger charge is 2.11. The van der Waals surface area contributed by atoms with Gasteiger partial charge in [0.25, 0.3) is 0 Å². The maximum atomic E-state index is 14.2. The standard InChI is InChI=1S/C22H19FN4/c1-15(2)17-9-7-16(8-10-17)14-24-22-13-20(18-5-3-4-6-19(18)23)26-21-11-12-25-27(21)22/h3-13,24H,1,14H2,2H3. The van der Waals surface area contributed by atoms with Gasteiger partial charge >= 0.3 is 0 Å². The molecule has 0 unspecified atom stereocenters. The summed E-state index contributed by atoms with van der Waals surface area (Å²) in [6.07, 6.45) is 1.68. The second kappa shape index (κ2) is 7.03. The smallest absolute Gasteiger partial charge is 0.157 e. The molecule has 0 atom stereocenters. The summed E-state index contributed by atoms with van der Waals surface area (Å²) in [7, 11) is 0. The lowest BCUT2D eigenvalue weighted by Gasteiger charge is -2.11. The van der Waals surface area contributed by atoms with Gasteiger partial charge in [-0.3, -0.25) is 0 Å². The maximum Gasteiger partial charge on any atom is 0.157 e. The Morgan fingerprint density at radius 3 is 2.63 bits per heavy atom. The molecule has 0 bridgehead atoms. The lowest BCUT2D eigenvalue weighted by Crippen LogP contribution is -2.07. The number of halogens is 1. The summed E-state index contributed by atoms with van der Waals surface area (Å²) in [6.45, 7) is 6.56. The van der Waals surface area contributed by atoms with E-state index < -0.39 is 0 Å². The molecule has 0 fully saturated rings. The van der Waals surface area contributed by atoms with E-state index >= 15 is 0 Å². The molecule has 4 aromatic rings. The molecule has 0 aliphatic heterocycles. The van der Waals surface area contributed by atoms with E-state index in [9.17, 15) is 4.39 Å². The molecule has 4 rings (SSSR count). The predicted octanol–water partition coefficient (Wildman–Crippen LogP) is 5.18. The summed E-state index contributed by atoms with van der Waals surface area (Å²) in [5.41, 5.74) is 4.99. The van der Waals surface area contributed by atoms with E-state index in [2.05, 4.69) is 46.2 Å². The van der Waals surface area contributed by atoms with Crippen molar-refractivity contribution >= 4 is 17.0 Å². The van der Waals surface area contributed by atoms with Crippen molar-refractivity contribution in [2.45, 2.75) is 13.5 Å². The first kappa shape index (κ1) is 17.0. The molecular weight excluding hydrogens is 339 g/mol. The van der Waals surface area contributed by atoms with Crippen molar-refractivity contribution in [1.82, 2.24) is 14.6 Å². The van der Waals surface area contributed by atoms with Crippen molar-refractivity contribution in [3.05, 3.63) is 90.4 Å². The summed E-state index contributed by atoms with van der Waals surface area (Å²) in [5.74, 6) is 0.461. The van der Waals surface area contributed by atoms with Crippen LogP contribution in [0.2, 0.25) is 0 Å². The van der Waals surface area contributed by atoms with E-state index in [-0.39, 0.29) is 5.82 Å². The van der Waals surface area contributed by atoms with Crippen LogP contribution in [0.3, 0.4) is 0 Å². The quantitative estimate of drug-likeness (QED) is 0.534. The maximum absolute atomic E-state index is 14.2. The first-order valence-electron chi connectivity index (χ1n) is 8.70. The third-order valence-corrected chi connectivity index (χ3v) is 4.43. The lowest BCUT2D eigenvalue weighted by atomic mass is 10.1. The van der Waals surface area contributed by atoms with Crippen LogP contribution in [0.4, 0.5) is 10.2 Å². The van der Waals surface area contributed by atoms with Gasteiger partial charge in [-0.05, 0) is 30.2 Å². The van der Waals surface area contributed by atoms with Gasteiger partial charge < -0.3 is 5.32 Å². The van der Waals surface area contributed by atoms with E-state index in [4.69, 9.17) is 0 Å². The van der Waals surface area contributed by atoms with Crippen LogP contribution in [-0.2, 0) is 6.54 Å². The third-order valence-electron chi connectivity index (χ3n) is 4.43. The van der Waals surface area contributed by atoms with Gasteiger partial charge in [0.15, 0.2) is 5.65 Å². The zero-order valence-corrected chi connectivity index (χ0v) is 15.0.